The van der Waals surface area contributed by atoms with Gasteiger partial charge in [0.05, 0.1) is 25.7 Å². The number of hydrogen-bond acceptors (Lipinski definition) is 9. The zero-order chi connectivity index (χ0) is 31.9. The maximum absolute atomic E-state index is 15.3. The van der Waals surface area contributed by atoms with Crippen LogP contribution in [0.5, 0.6) is 28.9 Å². The molecule has 5 aromatic rings. The Morgan fingerprint density at radius 3 is 2.42 bits per heavy atom. The van der Waals surface area contributed by atoms with Crippen LogP contribution in [-0.2, 0) is 4.74 Å². The van der Waals surface area contributed by atoms with Crippen molar-refractivity contribution in [2.45, 2.75) is 6.92 Å². The fraction of sp³-hybridized carbons (Fsp3) is 0.188. The number of methoxy groups -OCH3 is 2. The van der Waals surface area contributed by atoms with Gasteiger partial charge in [-0.1, -0.05) is 0 Å². The molecule has 11 nitrogen and oxygen atoms in total. The lowest BCUT2D eigenvalue weighted by Crippen LogP contribution is -2.29. The van der Waals surface area contributed by atoms with Gasteiger partial charge in [-0.3, -0.25) is 14.2 Å². The maximum Gasteiger partial charge on any atom is 0.271 e. The molecule has 0 aliphatic heterocycles. The fourth-order valence-corrected chi connectivity index (χ4v) is 4.37. The summed E-state index contributed by atoms with van der Waals surface area (Å²) in [5.74, 6) is -1.42. The number of nitrogens with zero attached hydrogens (tertiary/aromatic N) is 3. The summed E-state index contributed by atoms with van der Waals surface area (Å²) in [6.45, 7) is 2.48. The van der Waals surface area contributed by atoms with Gasteiger partial charge in [0.15, 0.2) is 23.0 Å². The average Bonchev–Trinajstić information content (AvgIpc) is 3.03. The van der Waals surface area contributed by atoms with Crippen LogP contribution in [0, 0.1) is 11.6 Å². The monoisotopic (exact) mass is 618 g/mol. The summed E-state index contributed by atoms with van der Waals surface area (Å²) >= 11 is 0. The van der Waals surface area contributed by atoms with E-state index in [-0.39, 0.29) is 53.2 Å². The number of fused-ring (bicyclic) bond motifs is 1. The first kappa shape index (κ1) is 30.9. The molecule has 0 aliphatic carbocycles. The smallest absolute Gasteiger partial charge is 0.271 e. The van der Waals surface area contributed by atoms with E-state index >= 15 is 4.39 Å². The van der Waals surface area contributed by atoms with Crippen molar-refractivity contribution < 1.29 is 37.3 Å². The zero-order valence-electron chi connectivity index (χ0n) is 24.5. The number of halogens is 2. The SMILES string of the molecule is CCOc1ccn(-c2ccc(F)cc2)c(=O)c1C(=O)Nc1ccc(Oc2ccnc3nc(OC)c(OCCOC)cc23)c(F)c1. The van der Waals surface area contributed by atoms with Gasteiger partial charge in [0.2, 0.25) is 0 Å². The first-order valence-electron chi connectivity index (χ1n) is 13.7. The topological polar surface area (TPSA) is 123 Å². The molecule has 0 spiro atoms. The number of aromatic nitrogens is 3. The number of amides is 1. The van der Waals surface area contributed by atoms with Crippen LogP contribution in [0.1, 0.15) is 17.3 Å². The maximum atomic E-state index is 15.3. The van der Waals surface area contributed by atoms with Crippen molar-refractivity contribution in [3.63, 3.8) is 0 Å². The third-order valence-electron chi connectivity index (χ3n) is 6.46. The lowest BCUT2D eigenvalue weighted by atomic mass is 10.2. The highest BCUT2D eigenvalue weighted by atomic mass is 19.1. The van der Waals surface area contributed by atoms with Crippen LogP contribution in [0.15, 0.2) is 77.9 Å². The number of nitrogens with one attached hydrogen (secondary N) is 1. The van der Waals surface area contributed by atoms with Crippen LogP contribution in [0.4, 0.5) is 14.5 Å². The Morgan fingerprint density at radius 1 is 0.911 bits per heavy atom. The van der Waals surface area contributed by atoms with Crippen molar-refractivity contribution in [1.29, 1.82) is 0 Å². The van der Waals surface area contributed by atoms with E-state index in [1.807, 2.05) is 0 Å². The lowest BCUT2D eigenvalue weighted by molar-refractivity contribution is 0.102. The molecule has 232 valence electrons. The molecule has 1 amide bonds. The number of anilines is 1. The minimum atomic E-state index is -0.825. The second kappa shape index (κ2) is 13.8. The molecule has 45 heavy (non-hydrogen) atoms. The molecule has 5 rings (SSSR count). The molecular weight excluding hydrogens is 590 g/mol. The van der Waals surface area contributed by atoms with Gasteiger partial charge in [-0.2, -0.15) is 4.98 Å². The molecule has 0 saturated carbocycles. The fourth-order valence-electron chi connectivity index (χ4n) is 4.37. The molecule has 0 fully saturated rings. The van der Waals surface area contributed by atoms with Crippen LogP contribution in [0.3, 0.4) is 0 Å². The van der Waals surface area contributed by atoms with Crippen LogP contribution in [0.25, 0.3) is 16.7 Å². The predicted molar refractivity (Wildman–Crippen MR) is 161 cm³/mol. The van der Waals surface area contributed by atoms with Gasteiger partial charge in [-0.25, -0.2) is 13.8 Å². The summed E-state index contributed by atoms with van der Waals surface area (Å²) in [4.78, 5) is 35.3. The third kappa shape index (κ3) is 6.83. The molecule has 2 aromatic carbocycles. The van der Waals surface area contributed by atoms with Crippen molar-refractivity contribution in [2.24, 2.45) is 0 Å². The van der Waals surface area contributed by atoms with Crippen LogP contribution < -0.4 is 29.8 Å². The second-order valence-corrected chi connectivity index (χ2v) is 9.36. The molecule has 0 radical (unpaired) electrons. The largest absolute Gasteiger partial charge is 0.493 e. The Hall–Kier alpha value is -5.56. The molecule has 3 aromatic heterocycles. The van der Waals surface area contributed by atoms with E-state index in [1.54, 1.807) is 26.2 Å². The predicted octanol–water partition coefficient (Wildman–Crippen LogP) is 5.54. The molecule has 0 bridgehead atoms. The minimum absolute atomic E-state index is 0.0409. The third-order valence-corrected chi connectivity index (χ3v) is 6.46. The lowest BCUT2D eigenvalue weighted by Gasteiger charge is -2.15. The molecular formula is C32H28F2N4O7. The van der Waals surface area contributed by atoms with Crippen LogP contribution in [-0.4, -0.2) is 54.5 Å². The minimum Gasteiger partial charge on any atom is -0.493 e. The zero-order valence-corrected chi connectivity index (χ0v) is 24.5. The summed E-state index contributed by atoms with van der Waals surface area (Å²) in [5, 5.41) is 2.98. The van der Waals surface area contributed by atoms with Gasteiger partial charge < -0.3 is 29.0 Å². The number of rotatable bonds is 12. The van der Waals surface area contributed by atoms with Crippen molar-refractivity contribution >= 4 is 22.6 Å². The van der Waals surface area contributed by atoms with Gasteiger partial charge in [0.25, 0.3) is 17.3 Å². The van der Waals surface area contributed by atoms with Crippen molar-refractivity contribution in [3.05, 3.63) is 101 Å². The number of hydrogen-bond donors (Lipinski definition) is 1. The quantitative estimate of drug-likeness (QED) is 0.180. The van der Waals surface area contributed by atoms with Crippen molar-refractivity contribution in [3.8, 4) is 34.6 Å². The summed E-state index contributed by atoms with van der Waals surface area (Å²) in [7, 11) is 3.00. The average molecular weight is 619 g/mol. The Balaban J connectivity index is 1.41. The number of carbonyl (C=O) groups is 1. The second-order valence-electron chi connectivity index (χ2n) is 9.36. The first-order valence-corrected chi connectivity index (χ1v) is 13.7. The van der Waals surface area contributed by atoms with E-state index in [0.29, 0.717) is 23.4 Å². The van der Waals surface area contributed by atoms with Gasteiger partial charge >= 0.3 is 0 Å². The highest BCUT2D eigenvalue weighted by Crippen LogP contribution is 2.36. The first-order chi connectivity index (χ1) is 21.8. The van der Waals surface area contributed by atoms with Gasteiger partial charge in [-0.15, -0.1) is 0 Å². The number of pyridine rings is 3. The van der Waals surface area contributed by atoms with Crippen molar-refractivity contribution in [1.82, 2.24) is 14.5 Å². The molecule has 0 unspecified atom stereocenters. The molecule has 0 aliphatic rings. The highest BCUT2D eigenvalue weighted by Gasteiger charge is 2.21. The Labute approximate surface area is 255 Å². The number of carbonyl (C=O) groups excluding carboxylic acids is 1. The van der Waals surface area contributed by atoms with E-state index < -0.39 is 23.1 Å². The Kier molecular flexibility index (Phi) is 9.49. The van der Waals surface area contributed by atoms with E-state index in [2.05, 4.69) is 15.3 Å². The van der Waals surface area contributed by atoms with Crippen LogP contribution >= 0.6 is 0 Å². The molecule has 13 heteroatoms. The normalized spacial score (nSPS) is 10.9. The highest BCUT2D eigenvalue weighted by molar-refractivity contribution is 6.06. The standard InChI is InChI=1S/C32H28F2N4O7/c1-4-43-26-12-14-38(21-8-5-19(33)6-9-21)32(40)28(26)30(39)36-20-7-10-25(23(34)17-20)45-24-11-13-35-29-22(24)18-27(31(37-29)42-3)44-16-15-41-2/h5-14,17-18H,4,15-16H2,1-3H3,(H,36,39). The van der Waals surface area contributed by atoms with Gasteiger partial charge in [0, 0.05) is 43.0 Å². The summed E-state index contributed by atoms with van der Waals surface area (Å²) < 4.78 is 57.4. The van der Waals surface area contributed by atoms with E-state index in [9.17, 15) is 14.0 Å². The van der Waals surface area contributed by atoms with Crippen molar-refractivity contribution in [2.75, 3.05) is 39.4 Å². The summed E-state index contributed by atoms with van der Waals surface area (Å²) in [5.41, 5.74) is -0.322. The van der Waals surface area contributed by atoms with Gasteiger partial charge in [-0.05, 0) is 55.5 Å². The molecule has 0 atom stereocenters. The van der Waals surface area contributed by atoms with E-state index in [1.165, 1.54) is 66.5 Å². The van der Waals surface area contributed by atoms with Crippen LogP contribution in [0.2, 0.25) is 0 Å². The number of ether oxygens (including phenoxy) is 5. The summed E-state index contributed by atoms with van der Waals surface area (Å²) in [6.07, 6.45) is 2.88. The number of benzene rings is 2. The summed E-state index contributed by atoms with van der Waals surface area (Å²) in [6, 6.07) is 13.6. The molecule has 0 saturated heterocycles. The Morgan fingerprint density at radius 2 is 1.71 bits per heavy atom. The molecule has 3 heterocycles. The van der Waals surface area contributed by atoms with Gasteiger partial charge in [0.1, 0.15) is 29.5 Å². The van der Waals surface area contributed by atoms with E-state index in [4.69, 9.17) is 23.7 Å². The molecule has 1 N–H and O–H groups in total. The van der Waals surface area contributed by atoms with E-state index in [0.717, 1.165) is 6.07 Å². The Bertz CT molecular complexity index is 1900.